The van der Waals surface area contributed by atoms with Crippen molar-refractivity contribution in [3.05, 3.63) is 10.2 Å². The van der Waals surface area contributed by atoms with E-state index in [2.05, 4.69) is 57.1 Å². The van der Waals surface area contributed by atoms with Gasteiger partial charge in [-0.2, -0.15) is 0 Å². The van der Waals surface area contributed by atoms with Crippen LogP contribution in [0.5, 0.6) is 0 Å². The summed E-state index contributed by atoms with van der Waals surface area (Å²) in [7, 11) is 6.73. The zero-order valence-electron chi connectivity index (χ0n) is 7.77. The average Bonchev–Trinajstić information content (AvgIpc) is 2.22. The summed E-state index contributed by atoms with van der Waals surface area (Å²) in [5.41, 5.74) is 0. The van der Waals surface area contributed by atoms with Crippen molar-refractivity contribution in [3.63, 3.8) is 0 Å². The van der Waals surface area contributed by atoms with Gasteiger partial charge in [-0.15, -0.1) is 0 Å². The second kappa shape index (κ2) is 11.1. The fourth-order valence-corrected chi connectivity index (χ4v) is 2.11. The Kier molecular flexibility index (Phi) is 12.4. The first kappa shape index (κ1) is 15.6. The molecule has 0 radical (unpaired) electrons. The lowest BCUT2D eigenvalue weighted by Gasteiger charge is -2.23. The van der Waals surface area contributed by atoms with Crippen molar-refractivity contribution in [2.45, 2.75) is 25.0 Å². The van der Waals surface area contributed by atoms with E-state index in [1.807, 2.05) is 4.08 Å². The summed E-state index contributed by atoms with van der Waals surface area (Å²) >= 11 is 2.20. The monoisotopic (exact) mass is 368 g/mol. The van der Waals surface area contributed by atoms with Gasteiger partial charge in [0.25, 0.3) is 0 Å². The molecule has 0 aliphatic heterocycles. The molecule has 0 aliphatic rings. The Morgan fingerprint density at radius 1 is 1.14 bits per heavy atom. The van der Waals surface area contributed by atoms with E-state index in [0.29, 0.717) is 6.61 Å². The van der Waals surface area contributed by atoms with Gasteiger partial charge in [0, 0.05) is 28.4 Å². The smallest absolute Gasteiger partial charge is 0.111 e. The van der Waals surface area contributed by atoms with Gasteiger partial charge in [-0.25, -0.2) is 0 Å². The molecule has 0 rings (SSSR count). The SMILES string of the molecule is POC[C@@H](OP)[C@@H](CCC=CI)OP. The predicted octanol–water partition coefficient (Wildman–Crippen LogP) is 2.87. The minimum absolute atomic E-state index is 0.0330. The second-order valence-electron chi connectivity index (χ2n) is 2.62. The Bertz CT molecular complexity index is 159. The minimum Gasteiger partial charge on any atom is -0.363 e. The van der Waals surface area contributed by atoms with Crippen molar-refractivity contribution in [2.24, 2.45) is 0 Å². The van der Waals surface area contributed by atoms with E-state index >= 15 is 0 Å². The lowest BCUT2D eigenvalue weighted by molar-refractivity contribution is 0.0462. The number of hydrogen-bond donors (Lipinski definition) is 0. The molecule has 0 saturated carbocycles. The topological polar surface area (TPSA) is 27.7 Å². The maximum atomic E-state index is 5.26. The molecule has 84 valence electrons. The van der Waals surface area contributed by atoms with Crippen molar-refractivity contribution in [1.29, 1.82) is 0 Å². The molecule has 0 fully saturated rings. The van der Waals surface area contributed by atoms with Gasteiger partial charge in [-0.05, 0) is 16.9 Å². The summed E-state index contributed by atoms with van der Waals surface area (Å²) in [6, 6.07) is 0. The quantitative estimate of drug-likeness (QED) is 0.487. The standard InChI is InChI=1S/C7H16IO3P3/c8-4-2-1-3-6(10-13)7(11-14)5-9-12/h2,4,6-7H,1,3,5,12-14H2/t6-,7-/m1/s1. The van der Waals surface area contributed by atoms with Gasteiger partial charge in [-0.3, -0.25) is 0 Å². The summed E-state index contributed by atoms with van der Waals surface area (Å²) < 4.78 is 17.4. The zero-order valence-corrected chi connectivity index (χ0v) is 13.4. The molecule has 0 aromatic carbocycles. The molecular weight excluding hydrogens is 352 g/mol. The Balaban J connectivity index is 3.93. The maximum Gasteiger partial charge on any atom is 0.111 e. The van der Waals surface area contributed by atoms with Gasteiger partial charge in [0.15, 0.2) is 0 Å². The summed E-state index contributed by atoms with van der Waals surface area (Å²) in [5, 5.41) is 0. The van der Waals surface area contributed by atoms with Crippen LogP contribution < -0.4 is 0 Å². The maximum absolute atomic E-state index is 5.26. The van der Waals surface area contributed by atoms with Crippen LogP contribution in [-0.2, 0) is 13.6 Å². The molecule has 14 heavy (non-hydrogen) atoms. The summed E-state index contributed by atoms with van der Waals surface area (Å²) in [6.07, 6.45) is 3.96. The highest BCUT2D eigenvalue weighted by molar-refractivity contribution is 14.1. The van der Waals surface area contributed by atoms with E-state index in [9.17, 15) is 0 Å². The van der Waals surface area contributed by atoms with E-state index in [-0.39, 0.29) is 12.2 Å². The van der Waals surface area contributed by atoms with Crippen LogP contribution in [0.2, 0.25) is 0 Å². The minimum atomic E-state index is -0.0578. The second-order valence-corrected chi connectivity index (χ2v) is 4.22. The van der Waals surface area contributed by atoms with Crippen molar-refractivity contribution in [2.75, 3.05) is 6.61 Å². The number of halogens is 1. The molecule has 0 bridgehead atoms. The van der Waals surface area contributed by atoms with Gasteiger partial charge in [0.05, 0.1) is 12.7 Å². The molecule has 0 saturated heterocycles. The largest absolute Gasteiger partial charge is 0.363 e. The molecule has 7 heteroatoms. The molecule has 0 heterocycles. The van der Waals surface area contributed by atoms with E-state index in [1.54, 1.807) is 0 Å². The highest BCUT2D eigenvalue weighted by Gasteiger charge is 2.20. The molecular formula is C7H16IO3P3. The molecule has 0 aromatic rings. The van der Waals surface area contributed by atoms with Crippen LogP contribution in [0.25, 0.3) is 0 Å². The average molecular weight is 368 g/mol. The zero-order chi connectivity index (χ0) is 10.8. The van der Waals surface area contributed by atoms with E-state index in [4.69, 9.17) is 13.6 Å². The Morgan fingerprint density at radius 3 is 2.21 bits per heavy atom. The molecule has 3 nitrogen and oxygen atoms in total. The highest BCUT2D eigenvalue weighted by atomic mass is 127. The fourth-order valence-electron chi connectivity index (χ4n) is 0.994. The molecule has 0 amide bonds. The van der Waals surface area contributed by atoms with Crippen molar-refractivity contribution in [3.8, 4) is 0 Å². The fraction of sp³-hybridized carbons (Fsp3) is 0.714. The summed E-state index contributed by atoms with van der Waals surface area (Å²) in [6.45, 7) is 0.501. The third-order valence-electron chi connectivity index (χ3n) is 1.73. The van der Waals surface area contributed by atoms with Crippen LogP contribution in [0, 0.1) is 0 Å². The Hall–Kier alpha value is 1.64. The van der Waals surface area contributed by atoms with Gasteiger partial charge < -0.3 is 13.6 Å². The van der Waals surface area contributed by atoms with Crippen LogP contribution in [0.4, 0.5) is 0 Å². The first-order valence-corrected chi connectivity index (χ1v) is 6.74. The predicted molar refractivity (Wildman–Crippen MR) is 77.2 cm³/mol. The van der Waals surface area contributed by atoms with Gasteiger partial charge in [0.2, 0.25) is 0 Å². The highest BCUT2D eigenvalue weighted by Crippen LogP contribution is 2.17. The molecule has 0 N–H and O–H groups in total. The molecule has 5 atom stereocenters. The van der Waals surface area contributed by atoms with Gasteiger partial charge in [0.1, 0.15) is 6.10 Å². The Labute approximate surface area is 106 Å². The lowest BCUT2D eigenvalue weighted by atomic mass is 10.1. The molecule has 0 aromatic heterocycles. The Morgan fingerprint density at radius 2 is 1.79 bits per heavy atom. The van der Waals surface area contributed by atoms with Crippen molar-refractivity contribution in [1.82, 2.24) is 0 Å². The van der Waals surface area contributed by atoms with Crippen LogP contribution >= 0.6 is 51.0 Å². The van der Waals surface area contributed by atoms with Gasteiger partial charge in [-0.1, -0.05) is 28.7 Å². The van der Waals surface area contributed by atoms with Crippen LogP contribution in [-0.4, -0.2) is 18.8 Å². The van der Waals surface area contributed by atoms with Crippen LogP contribution in [0.15, 0.2) is 10.2 Å². The summed E-state index contributed by atoms with van der Waals surface area (Å²) in [4.78, 5) is 0. The van der Waals surface area contributed by atoms with E-state index in [0.717, 1.165) is 12.8 Å². The normalized spacial score (nSPS) is 16.0. The van der Waals surface area contributed by atoms with Crippen molar-refractivity contribution >= 4 is 51.0 Å². The third kappa shape index (κ3) is 7.00. The van der Waals surface area contributed by atoms with E-state index in [1.165, 1.54) is 0 Å². The first-order valence-electron chi connectivity index (χ1n) is 4.08. The van der Waals surface area contributed by atoms with Crippen molar-refractivity contribution < 1.29 is 13.6 Å². The first-order chi connectivity index (χ1) is 6.79. The summed E-state index contributed by atoms with van der Waals surface area (Å²) in [5.74, 6) is 0. The molecule has 0 aliphatic carbocycles. The van der Waals surface area contributed by atoms with Crippen LogP contribution in [0.3, 0.4) is 0 Å². The van der Waals surface area contributed by atoms with E-state index < -0.39 is 0 Å². The lowest BCUT2D eigenvalue weighted by Crippen LogP contribution is -2.30. The van der Waals surface area contributed by atoms with Crippen LogP contribution in [0.1, 0.15) is 12.8 Å². The molecule has 3 unspecified atom stereocenters. The van der Waals surface area contributed by atoms with Gasteiger partial charge >= 0.3 is 0 Å². The molecule has 0 spiro atoms. The number of allylic oxidation sites excluding steroid dienone is 1. The number of rotatable bonds is 8. The number of hydrogen-bond acceptors (Lipinski definition) is 3. The third-order valence-corrected chi connectivity index (χ3v) is 3.13.